The highest BCUT2D eigenvalue weighted by molar-refractivity contribution is 6.01. The van der Waals surface area contributed by atoms with Crippen molar-refractivity contribution in [3.63, 3.8) is 0 Å². The van der Waals surface area contributed by atoms with Gasteiger partial charge in [-0.3, -0.25) is 14.4 Å². The highest BCUT2D eigenvalue weighted by Crippen LogP contribution is 2.23. The van der Waals surface area contributed by atoms with E-state index in [4.69, 9.17) is 0 Å². The van der Waals surface area contributed by atoms with Crippen LogP contribution in [0.5, 0.6) is 0 Å². The summed E-state index contributed by atoms with van der Waals surface area (Å²) in [6.07, 6.45) is 0.719. The van der Waals surface area contributed by atoms with Crippen LogP contribution in [0.3, 0.4) is 0 Å². The van der Waals surface area contributed by atoms with Crippen molar-refractivity contribution in [1.29, 1.82) is 0 Å². The normalized spacial score (nSPS) is 14.4. The number of hydrogen-bond donors (Lipinski definition) is 2. The molecule has 0 bridgehead atoms. The van der Waals surface area contributed by atoms with Crippen molar-refractivity contribution in [3.8, 4) is 0 Å². The van der Waals surface area contributed by atoms with E-state index in [2.05, 4.69) is 10.6 Å². The van der Waals surface area contributed by atoms with Gasteiger partial charge in [0.2, 0.25) is 17.7 Å². The molecule has 3 aromatic rings. The fraction of sp³-hybridized carbons (Fsp3) is 0.250. The second-order valence-corrected chi connectivity index (χ2v) is 8.85. The topological polar surface area (TPSA) is 78.5 Å². The highest BCUT2D eigenvalue weighted by Gasteiger charge is 2.32. The third kappa shape index (κ3) is 5.94. The van der Waals surface area contributed by atoms with Gasteiger partial charge in [0.15, 0.2) is 0 Å². The molecule has 0 saturated heterocycles. The number of halogens is 2. The number of carbonyl (C=O) groups excluding carboxylic acids is 3. The summed E-state index contributed by atoms with van der Waals surface area (Å²) >= 11 is 0. The molecule has 1 heterocycles. The molecule has 1 aliphatic heterocycles. The molecular formula is C28H27F2N3O3. The molecule has 2 N–H and O–H groups in total. The Morgan fingerprint density at radius 1 is 0.889 bits per heavy atom. The van der Waals surface area contributed by atoms with E-state index in [0.717, 1.165) is 30.2 Å². The summed E-state index contributed by atoms with van der Waals surface area (Å²) in [7, 11) is 0. The van der Waals surface area contributed by atoms with Crippen molar-refractivity contribution < 1.29 is 23.2 Å². The number of hydrogen-bond acceptors (Lipinski definition) is 3. The van der Waals surface area contributed by atoms with Gasteiger partial charge in [-0.15, -0.1) is 0 Å². The lowest BCUT2D eigenvalue weighted by molar-refractivity contribution is -0.141. The summed E-state index contributed by atoms with van der Waals surface area (Å²) in [5, 5.41) is 5.26. The van der Waals surface area contributed by atoms with Gasteiger partial charge in [-0.1, -0.05) is 54.6 Å². The second-order valence-electron chi connectivity index (χ2n) is 8.85. The maximum atomic E-state index is 13.6. The van der Waals surface area contributed by atoms with E-state index < -0.39 is 35.4 Å². The third-order valence-corrected chi connectivity index (χ3v) is 6.28. The SMILES string of the molecule is CC(C(=O)NCc1cc(F)cc(F)c1)C(=O)N[C@@H](C(=O)N1CCc2ccccc2C1)c1ccccc1. The van der Waals surface area contributed by atoms with Crippen LogP contribution in [0.1, 0.15) is 35.2 Å². The summed E-state index contributed by atoms with van der Waals surface area (Å²) in [6.45, 7) is 2.24. The minimum Gasteiger partial charge on any atom is -0.351 e. The number of carbonyl (C=O) groups is 3. The van der Waals surface area contributed by atoms with Gasteiger partial charge < -0.3 is 15.5 Å². The Morgan fingerprint density at radius 2 is 1.53 bits per heavy atom. The molecule has 0 aromatic heterocycles. The van der Waals surface area contributed by atoms with Gasteiger partial charge in [-0.2, -0.15) is 0 Å². The first kappa shape index (κ1) is 25.0. The van der Waals surface area contributed by atoms with Crippen LogP contribution in [0.2, 0.25) is 0 Å². The second kappa shape index (κ2) is 11.1. The molecule has 6 nitrogen and oxygen atoms in total. The van der Waals surface area contributed by atoms with Gasteiger partial charge >= 0.3 is 0 Å². The Balaban J connectivity index is 1.45. The molecule has 0 aliphatic carbocycles. The van der Waals surface area contributed by atoms with Crippen molar-refractivity contribution in [2.24, 2.45) is 5.92 Å². The van der Waals surface area contributed by atoms with E-state index in [1.165, 1.54) is 12.5 Å². The third-order valence-electron chi connectivity index (χ3n) is 6.28. The first-order valence-corrected chi connectivity index (χ1v) is 11.8. The van der Waals surface area contributed by atoms with Gasteiger partial charge in [0.1, 0.15) is 23.6 Å². The number of benzene rings is 3. The molecule has 4 rings (SSSR count). The minimum absolute atomic E-state index is 0.140. The lowest BCUT2D eigenvalue weighted by Gasteiger charge is -2.32. The monoisotopic (exact) mass is 491 g/mol. The zero-order valence-corrected chi connectivity index (χ0v) is 19.8. The van der Waals surface area contributed by atoms with E-state index in [-0.39, 0.29) is 18.0 Å². The van der Waals surface area contributed by atoms with E-state index >= 15 is 0 Å². The van der Waals surface area contributed by atoms with Gasteiger partial charge in [0.05, 0.1) is 0 Å². The predicted molar refractivity (Wildman–Crippen MR) is 130 cm³/mol. The summed E-state index contributed by atoms with van der Waals surface area (Å²) in [6, 6.07) is 18.8. The molecule has 0 fully saturated rings. The zero-order chi connectivity index (χ0) is 25.7. The summed E-state index contributed by atoms with van der Waals surface area (Å²) < 4.78 is 26.8. The fourth-order valence-electron chi connectivity index (χ4n) is 4.24. The summed E-state index contributed by atoms with van der Waals surface area (Å²) in [5.74, 6) is -4.15. The van der Waals surface area contributed by atoms with Gasteiger partial charge in [-0.25, -0.2) is 8.78 Å². The molecule has 3 amide bonds. The number of rotatable bonds is 7. The van der Waals surface area contributed by atoms with Crippen LogP contribution in [0, 0.1) is 17.6 Å². The standard InChI is InChI=1S/C28H27F2N3O3/c1-18(26(34)31-16-19-13-23(29)15-24(30)14-19)27(35)32-25(21-8-3-2-4-9-21)28(36)33-12-11-20-7-5-6-10-22(20)17-33/h2-10,13-15,18,25H,11-12,16-17H2,1H3,(H,31,34)(H,32,35)/t18?,25-/m1/s1. The van der Waals surface area contributed by atoms with Crippen LogP contribution in [-0.4, -0.2) is 29.2 Å². The first-order chi connectivity index (χ1) is 17.3. The van der Waals surface area contributed by atoms with Crippen molar-refractivity contribution in [1.82, 2.24) is 15.5 Å². The first-order valence-electron chi connectivity index (χ1n) is 11.8. The average Bonchev–Trinajstić information content (AvgIpc) is 2.89. The smallest absolute Gasteiger partial charge is 0.250 e. The Bertz CT molecular complexity index is 1250. The van der Waals surface area contributed by atoms with Crippen molar-refractivity contribution in [3.05, 3.63) is 107 Å². The van der Waals surface area contributed by atoms with Crippen LogP contribution in [-0.2, 0) is 33.9 Å². The zero-order valence-electron chi connectivity index (χ0n) is 19.8. The van der Waals surface area contributed by atoms with E-state index in [9.17, 15) is 23.2 Å². The average molecular weight is 492 g/mol. The molecule has 3 aromatic carbocycles. The van der Waals surface area contributed by atoms with Gasteiger partial charge in [0.25, 0.3) is 0 Å². The van der Waals surface area contributed by atoms with Crippen LogP contribution in [0.25, 0.3) is 0 Å². The quantitative estimate of drug-likeness (QED) is 0.495. The van der Waals surface area contributed by atoms with Crippen molar-refractivity contribution >= 4 is 17.7 Å². The number of fused-ring (bicyclic) bond motifs is 1. The van der Waals surface area contributed by atoms with Crippen LogP contribution >= 0.6 is 0 Å². The Kier molecular flexibility index (Phi) is 7.73. The van der Waals surface area contributed by atoms with E-state index in [0.29, 0.717) is 18.7 Å². The van der Waals surface area contributed by atoms with Crippen LogP contribution < -0.4 is 10.6 Å². The lowest BCUT2D eigenvalue weighted by Crippen LogP contribution is -2.47. The molecule has 1 unspecified atom stereocenters. The molecule has 186 valence electrons. The molecule has 2 atom stereocenters. The predicted octanol–water partition coefficient (Wildman–Crippen LogP) is 3.66. The summed E-state index contributed by atoms with van der Waals surface area (Å²) in [4.78, 5) is 40.9. The van der Waals surface area contributed by atoms with Crippen molar-refractivity contribution in [2.75, 3.05) is 6.54 Å². The number of nitrogens with zero attached hydrogens (tertiary/aromatic N) is 1. The Hall–Kier alpha value is -4.07. The van der Waals surface area contributed by atoms with Crippen molar-refractivity contribution in [2.45, 2.75) is 32.5 Å². The van der Waals surface area contributed by atoms with Crippen LogP contribution in [0.15, 0.2) is 72.8 Å². The Labute approximate surface area is 208 Å². The van der Waals surface area contributed by atoms with Gasteiger partial charge in [0, 0.05) is 25.7 Å². The lowest BCUT2D eigenvalue weighted by atomic mass is 9.98. The molecule has 0 spiro atoms. The molecule has 0 saturated carbocycles. The minimum atomic E-state index is -1.13. The number of amides is 3. The fourth-order valence-corrected chi connectivity index (χ4v) is 4.24. The Morgan fingerprint density at radius 3 is 2.22 bits per heavy atom. The molecule has 36 heavy (non-hydrogen) atoms. The van der Waals surface area contributed by atoms with Gasteiger partial charge in [-0.05, 0) is 47.7 Å². The maximum Gasteiger partial charge on any atom is 0.250 e. The number of nitrogens with one attached hydrogen (secondary N) is 2. The maximum absolute atomic E-state index is 13.6. The summed E-state index contributed by atoms with van der Waals surface area (Å²) in [5.41, 5.74) is 3.11. The van der Waals surface area contributed by atoms with E-state index in [1.54, 1.807) is 29.2 Å². The molecule has 0 radical (unpaired) electrons. The van der Waals surface area contributed by atoms with Crippen LogP contribution in [0.4, 0.5) is 8.78 Å². The molecule has 1 aliphatic rings. The highest BCUT2D eigenvalue weighted by atomic mass is 19.1. The molecule has 8 heteroatoms. The molecular weight excluding hydrogens is 464 g/mol. The van der Waals surface area contributed by atoms with E-state index in [1.807, 2.05) is 30.3 Å². The largest absolute Gasteiger partial charge is 0.351 e.